The van der Waals surface area contributed by atoms with Crippen LogP contribution in [0.25, 0.3) is 16.3 Å². The van der Waals surface area contributed by atoms with E-state index in [1.807, 2.05) is 12.1 Å². The molecule has 0 nitrogen and oxygen atoms in total. The highest BCUT2D eigenvalue weighted by Gasteiger charge is 2.04. The first-order valence-corrected chi connectivity index (χ1v) is 6.76. The van der Waals surface area contributed by atoms with Gasteiger partial charge in [-0.05, 0) is 33.5 Å². The molecule has 0 unspecified atom stereocenters. The molecule has 0 saturated carbocycles. The number of fused-ring (bicyclic) bond motifs is 1. The molecule has 0 spiro atoms. The summed E-state index contributed by atoms with van der Waals surface area (Å²) in [4.78, 5) is 0. The van der Waals surface area contributed by atoms with Crippen LogP contribution in [0.15, 0.2) is 91.5 Å². The van der Waals surface area contributed by atoms with Gasteiger partial charge in [0.25, 0.3) is 0 Å². The highest BCUT2D eigenvalue weighted by molar-refractivity contribution is 5.89. The van der Waals surface area contributed by atoms with E-state index in [-0.39, 0.29) is 0 Å². The quantitative estimate of drug-likeness (QED) is 0.546. The van der Waals surface area contributed by atoms with Crippen LogP contribution in [0.1, 0.15) is 11.1 Å². The van der Waals surface area contributed by atoms with Crippen molar-refractivity contribution in [1.29, 1.82) is 0 Å². The second-order valence-corrected chi connectivity index (χ2v) is 4.74. The van der Waals surface area contributed by atoms with Crippen molar-refractivity contribution >= 4 is 16.3 Å². The Bertz CT molecular complexity index is 764. The lowest BCUT2D eigenvalue weighted by molar-refractivity contribution is 1.56. The van der Waals surface area contributed by atoms with Gasteiger partial charge in [0.2, 0.25) is 0 Å². The molecule has 3 rings (SSSR count). The Morgan fingerprint density at radius 3 is 2.15 bits per heavy atom. The highest BCUT2D eigenvalue weighted by atomic mass is 14.1. The largest absolute Gasteiger partial charge is 0.0990 e. The van der Waals surface area contributed by atoms with Crippen LogP contribution in [-0.4, -0.2) is 0 Å². The number of rotatable bonds is 3. The molecule has 0 atom stereocenters. The summed E-state index contributed by atoms with van der Waals surface area (Å²) >= 11 is 0. The van der Waals surface area contributed by atoms with E-state index >= 15 is 0 Å². The standard InChI is InChI=1S/C20H16/c1-2-8-20(17-10-4-3-5-11-17)19-14-13-16-9-6-7-12-18(16)15-19/h2-15H,1H2/b20-8+. The van der Waals surface area contributed by atoms with Crippen molar-refractivity contribution in [1.82, 2.24) is 0 Å². The van der Waals surface area contributed by atoms with Gasteiger partial charge in [-0.15, -0.1) is 0 Å². The van der Waals surface area contributed by atoms with Crippen LogP contribution in [0.2, 0.25) is 0 Å². The van der Waals surface area contributed by atoms with Crippen LogP contribution in [-0.2, 0) is 0 Å². The first-order chi connectivity index (χ1) is 9.88. The van der Waals surface area contributed by atoms with Gasteiger partial charge in [-0.1, -0.05) is 85.5 Å². The van der Waals surface area contributed by atoms with Crippen LogP contribution in [0.5, 0.6) is 0 Å². The summed E-state index contributed by atoms with van der Waals surface area (Å²) in [6, 6.07) is 25.4. The molecule has 0 bridgehead atoms. The molecule has 0 aromatic heterocycles. The zero-order valence-corrected chi connectivity index (χ0v) is 11.3. The molecule has 0 amide bonds. The number of hydrogen-bond donors (Lipinski definition) is 0. The number of hydrogen-bond acceptors (Lipinski definition) is 0. The SMILES string of the molecule is C=C/C=C(\c1ccccc1)c1ccc2ccccc2c1. The third kappa shape index (κ3) is 2.41. The Kier molecular flexibility index (Phi) is 3.47. The van der Waals surface area contributed by atoms with Crippen molar-refractivity contribution in [2.24, 2.45) is 0 Å². The molecular weight excluding hydrogens is 240 g/mol. The van der Waals surface area contributed by atoms with Gasteiger partial charge in [-0.3, -0.25) is 0 Å². The van der Waals surface area contributed by atoms with Crippen molar-refractivity contribution in [2.45, 2.75) is 0 Å². The van der Waals surface area contributed by atoms with E-state index in [1.54, 1.807) is 0 Å². The van der Waals surface area contributed by atoms with E-state index in [0.29, 0.717) is 0 Å². The van der Waals surface area contributed by atoms with E-state index in [9.17, 15) is 0 Å². The Labute approximate surface area is 119 Å². The van der Waals surface area contributed by atoms with Crippen molar-refractivity contribution in [3.05, 3.63) is 103 Å². The third-order valence-corrected chi connectivity index (χ3v) is 3.43. The average molecular weight is 256 g/mol. The Morgan fingerprint density at radius 1 is 0.700 bits per heavy atom. The summed E-state index contributed by atoms with van der Waals surface area (Å²) in [7, 11) is 0. The monoisotopic (exact) mass is 256 g/mol. The molecule has 0 aliphatic heterocycles. The van der Waals surface area contributed by atoms with Crippen molar-refractivity contribution in [2.75, 3.05) is 0 Å². The van der Waals surface area contributed by atoms with Crippen LogP contribution < -0.4 is 0 Å². The van der Waals surface area contributed by atoms with Crippen LogP contribution in [0.4, 0.5) is 0 Å². The third-order valence-electron chi connectivity index (χ3n) is 3.43. The maximum absolute atomic E-state index is 3.84. The molecule has 3 aromatic carbocycles. The zero-order chi connectivity index (χ0) is 13.8. The molecule has 0 fully saturated rings. The van der Waals surface area contributed by atoms with Crippen LogP contribution in [0.3, 0.4) is 0 Å². The van der Waals surface area contributed by atoms with E-state index in [4.69, 9.17) is 0 Å². The van der Waals surface area contributed by atoms with Crippen molar-refractivity contribution < 1.29 is 0 Å². The minimum atomic E-state index is 1.20. The molecule has 3 aromatic rings. The number of allylic oxidation sites excluding steroid dienone is 2. The first-order valence-electron chi connectivity index (χ1n) is 6.76. The van der Waals surface area contributed by atoms with E-state index in [0.717, 1.165) is 0 Å². The van der Waals surface area contributed by atoms with Crippen LogP contribution in [0, 0.1) is 0 Å². The lowest BCUT2D eigenvalue weighted by Crippen LogP contribution is -1.87. The summed E-state index contributed by atoms with van der Waals surface area (Å²) in [5.74, 6) is 0. The van der Waals surface area contributed by atoms with Gasteiger partial charge in [0, 0.05) is 0 Å². The van der Waals surface area contributed by atoms with Gasteiger partial charge >= 0.3 is 0 Å². The normalized spacial score (nSPS) is 11.5. The Morgan fingerprint density at radius 2 is 1.40 bits per heavy atom. The molecule has 20 heavy (non-hydrogen) atoms. The van der Waals surface area contributed by atoms with Gasteiger partial charge < -0.3 is 0 Å². The maximum atomic E-state index is 3.84. The molecule has 0 saturated heterocycles. The zero-order valence-electron chi connectivity index (χ0n) is 11.3. The van der Waals surface area contributed by atoms with E-state index in [1.165, 1.54) is 27.5 Å². The predicted octanol–water partition coefficient (Wildman–Crippen LogP) is 5.46. The molecule has 0 heterocycles. The van der Waals surface area contributed by atoms with Gasteiger partial charge in [-0.2, -0.15) is 0 Å². The molecular formula is C20H16. The molecule has 0 heteroatoms. The average Bonchev–Trinajstić information content (AvgIpc) is 2.53. The number of benzene rings is 3. The summed E-state index contributed by atoms with van der Waals surface area (Å²) in [5.41, 5.74) is 3.63. The van der Waals surface area contributed by atoms with E-state index in [2.05, 4.69) is 79.4 Å². The summed E-state index contributed by atoms with van der Waals surface area (Å²) in [5, 5.41) is 2.53. The summed E-state index contributed by atoms with van der Waals surface area (Å²) in [6.45, 7) is 3.84. The minimum absolute atomic E-state index is 1.20. The summed E-state index contributed by atoms with van der Waals surface area (Å²) in [6.07, 6.45) is 3.91. The molecule has 0 aliphatic carbocycles. The molecule has 0 N–H and O–H groups in total. The molecule has 0 radical (unpaired) electrons. The van der Waals surface area contributed by atoms with Gasteiger partial charge in [0.15, 0.2) is 0 Å². The smallest absolute Gasteiger partial charge is 0.0111 e. The highest BCUT2D eigenvalue weighted by Crippen LogP contribution is 2.26. The predicted molar refractivity (Wildman–Crippen MR) is 87.7 cm³/mol. The Hall–Kier alpha value is -2.60. The second kappa shape index (κ2) is 5.58. The fourth-order valence-corrected chi connectivity index (χ4v) is 2.45. The maximum Gasteiger partial charge on any atom is -0.0111 e. The first kappa shape index (κ1) is 12.4. The molecule has 0 aliphatic rings. The lowest BCUT2D eigenvalue weighted by Gasteiger charge is -2.09. The fourth-order valence-electron chi connectivity index (χ4n) is 2.45. The summed E-state index contributed by atoms with van der Waals surface area (Å²) < 4.78 is 0. The van der Waals surface area contributed by atoms with Gasteiger partial charge in [-0.25, -0.2) is 0 Å². The molecule has 96 valence electrons. The van der Waals surface area contributed by atoms with Gasteiger partial charge in [0.1, 0.15) is 0 Å². The van der Waals surface area contributed by atoms with Crippen molar-refractivity contribution in [3.8, 4) is 0 Å². The van der Waals surface area contributed by atoms with E-state index < -0.39 is 0 Å². The van der Waals surface area contributed by atoms with Crippen LogP contribution >= 0.6 is 0 Å². The second-order valence-electron chi connectivity index (χ2n) is 4.74. The topological polar surface area (TPSA) is 0 Å². The fraction of sp³-hybridized carbons (Fsp3) is 0. The Balaban J connectivity index is 2.15. The minimum Gasteiger partial charge on any atom is -0.0990 e. The van der Waals surface area contributed by atoms with Crippen molar-refractivity contribution in [3.63, 3.8) is 0 Å². The lowest BCUT2D eigenvalue weighted by atomic mass is 9.95. The van der Waals surface area contributed by atoms with Gasteiger partial charge in [0.05, 0.1) is 0 Å².